The fraction of sp³-hybridized carbons (Fsp3) is 0. The molecule has 0 aliphatic heterocycles. The summed E-state index contributed by atoms with van der Waals surface area (Å²) in [5.74, 6) is 0.653. The van der Waals surface area contributed by atoms with Gasteiger partial charge in [-0.1, -0.05) is 127 Å². The second kappa shape index (κ2) is 10.4. The Labute approximate surface area is 286 Å². The van der Waals surface area contributed by atoms with Crippen molar-refractivity contribution >= 4 is 76.2 Å². The molecular weight excluding hydrogens is 611 g/mol. The van der Waals surface area contributed by atoms with Gasteiger partial charge in [0, 0.05) is 32.5 Å². The van der Waals surface area contributed by atoms with Gasteiger partial charge in [0.15, 0.2) is 0 Å². The summed E-state index contributed by atoms with van der Waals surface area (Å²) in [6.45, 7) is 0. The normalized spacial score (nSPS) is 12.0. The van der Waals surface area contributed by atoms with Gasteiger partial charge < -0.3 is 4.42 Å². The molecule has 11 rings (SSSR count). The van der Waals surface area contributed by atoms with Gasteiger partial charge >= 0.3 is 0 Å². The van der Waals surface area contributed by atoms with Crippen molar-refractivity contribution < 1.29 is 4.42 Å². The first kappa shape index (κ1) is 27.2. The Kier molecular flexibility index (Phi) is 5.63. The molecule has 0 amide bonds. The summed E-state index contributed by atoms with van der Waals surface area (Å²) < 4.78 is 8.70. The lowest BCUT2D eigenvalue weighted by molar-refractivity contribution is 0.669. The quantitative estimate of drug-likeness (QED) is 0.194. The van der Waals surface area contributed by atoms with E-state index >= 15 is 0 Å². The average molecular weight is 638 g/mol. The van der Waals surface area contributed by atoms with E-state index in [9.17, 15) is 0 Å². The van der Waals surface area contributed by atoms with E-state index in [0.29, 0.717) is 5.95 Å². The molecule has 232 valence electrons. The highest BCUT2D eigenvalue weighted by molar-refractivity contribution is 6.24. The van der Waals surface area contributed by atoms with Crippen LogP contribution >= 0.6 is 0 Å². The molecule has 0 N–H and O–H groups in total. The van der Waals surface area contributed by atoms with Crippen molar-refractivity contribution in [2.24, 2.45) is 0 Å². The smallest absolute Gasteiger partial charge is 0.235 e. The molecule has 4 heteroatoms. The first-order valence-electron chi connectivity index (χ1n) is 16.9. The Morgan fingerprint density at radius 3 is 2.00 bits per heavy atom. The number of benzene rings is 8. The van der Waals surface area contributed by atoms with E-state index in [1.54, 1.807) is 0 Å². The lowest BCUT2D eigenvalue weighted by atomic mass is 9.94. The molecule has 0 bridgehead atoms. The van der Waals surface area contributed by atoms with E-state index in [2.05, 4.69) is 144 Å². The van der Waals surface area contributed by atoms with Crippen LogP contribution in [0.15, 0.2) is 168 Å². The van der Waals surface area contributed by atoms with Gasteiger partial charge in [0.05, 0.1) is 22.2 Å². The Bertz CT molecular complexity index is 3150. The van der Waals surface area contributed by atoms with Crippen LogP contribution in [0.25, 0.3) is 105 Å². The molecule has 8 aromatic carbocycles. The molecule has 0 fully saturated rings. The minimum absolute atomic E-state index is 0.653. The second-order valence-corrected chi connectivity index (χ2v) is 12.9. The maximum Gasteiger partial charge on any atom is 0.235 e. The van der Waals surface area contributed by atoms with Crippen LogP contribution in [0.4, 0.5) is 0 Å². The van der Waals surface area contributed by atoms with Gasteiger partial charge in [0.1, 0.15) is 11.2 Å². The van der Waals surface area contributed by atoms with Gasteiger partial charge in [-0.25, -0.2) is 9.97 Å². The summed E-state index contributed by atoms with van der Waals surface area (Å²) in [5, 5.41) is 10.5. The topological polar surface area (TPSA) is 43.9 Å². The summed E-state index contributed by atoms with van der Waals surface area (Å²) >= 11 is 0. The Hall–Kier alpha value is -6.78. The molecular formula is C46H27N3O. The molecule has 3 aromatic heterocycles. The summed E-state index contributed by atoms with van der Waals surface area (Å²) in [6, 6.07) is 57.7. The van der Waals surface area contributed by atoms with Gasteiger partial charge in [0.25, 0.3) is 0 Å². The van der Waals surface area contributed by atoms with E-state index in [4.69, 9.17) is 14.4 Å². The zero-order valence-electron chi connectivity index (χ0n) is 26.8. The lowest BCUT2D eigenvalue weighted by Crippen LogP contribution is -2.03. The highest BCUT2D eigenvalue weighted by Gasteiger charge is 2.21. The average Bonchev–Trinajstić information content (AvgIpc) is 3.73. The molecule has 0 aliphatic rings. The number of fused-ring (bicyclic) bond motifs is 11. The van der Waals surface area contributed by atoms with E-state index < -0.39 is 0 Å². The zero-order valence-corrected chi connectivity index (χ0v) is 26.8. The van der Waals surface area contributed by atoms with Crippen molar-refractivity contribution in [2.45, 2.75) is 0 Å². The number of rotatable bonds is 3. The highest BCUT2D eigenvalue weighted by atomic mass is 16.3. The molecule has 0 unspecified atom stereocenters. The third kappa shape index (κ3) is 3.87. The molecule has 3 heterocycles. The Morgan fingerprint density at radius 2 is 1.12 bits per heavy atom. The third-order valence-corrected chi connectivity index (χ3v) is 10.2. The molecule has 0 saturated heterocycles. The number of para-hydroxylation sites is 2. The van der Waals surface area contributed by atoms with Gasteiger partial charge in [-0.05, 0) is 69.1 Å². The number of aromatic nitrogens is 3. The van der Waals surface area contributed by atoms with Gasteiger partial charge in [-0.15, -0.1) is 0 Å². The van der Waals surface area contributed by atoms with Crippen molar-refractivity contribution in [2.75, 3.05) is 0 Å². The zero-order chi connectivity index (χ0) is 32.8. The minimum atomic E-state index is 0.653. The molecule has 4 nitrogen and oxygen atoms in total. The second-order valence-electron chi connectivity index (χ2n) is 12.9. The van der Waals surface area contributed by atoms with Crippen LogP contribution in [0.5, 0.6) is 0 Å². The molecule has 0 aliphatic carbocycles. The van der Waals surface area contributed by atoms with Gasteiger partial charge in [-0.2, -0.15) is 0 Å². The van der Waals surface area contributed by atoms with Crippen LogP contribution in [0.3, 0.4) is 0 Å². The SMILES string of the molecule is c1ccc(-c2nc(-n3c4ccc(-c5cc6oc7ccccc7c6c6ccccc56)cc4c4c5ccccc5ccc43)nc3ccccc23)cc1. The van der Waals surface area contributed by atoms with Crippen LogP contribution in [0, 0.1) is 0 Å². The molecule has 0 radical (unpaired) electrons. The summed E-state index contributed by atoms with van der Waals surface area (Å²) in [7, 11) is 0. The first-order chi connectivity index (χ1) is 24.8. The predicted molar refractivity (Wildman–Crippen MR) is 207 cm³/mol. The summed E-state index contributed by atoms with van der Waals surface area (Å²) in [6.07, 6.45) is 0. The number of nitrogens with zero attached hydrogens (tertiary/aromatic N) is 3. The molecule has 0 spiro atoms. The van der Waals surface area contributed by atoms with Crippen LogP contribution in [-0.2, 0) is 0 Å². The minimum Gasteiger partial charge on any atom is -0.456 e. The maximum atomic E-state index is 6.46. The fourth-order valence-corrected chi connectivity index (χ4v) is 7.98. The fourth-order valence-electron chi connectivity index (χ4n) is 7.98. The van der Waals surface area contributed by atoms with Gasteiger partial charge in [-0.3, -0.25) is 4.57 Å². The van der Waals surface area contributed by atoms with Gasteiger partial charge in [0.2, 0.25) is 5.95 Å². The van der Waals surface area contributed by atoms with Crippen LogP contribution < -0.4 is 0 Å². The highest BCUT2D eigenvalue weighted by Crippen LogP contribution is 2.43. The summed E-state index contributed by atoms with van der Waals surface area (Å²) in [5.41, 5.74) is 9.10. The number of hydrogen-bond acceptors (Lipinski definition) is 3. The van der Waals surface area contributed by atoms with Crippen LogP contribution in [0.2, 0.25) is 0 Å². The lowest BCUT2D eigenvalue weighted by Gasteiger charge is -2.12. The first-order valence-corrected chi connectivity index (χ1v) is 16.9. The molecule has 0 atom stereocenters. The van der Waals surface area contributed by atoms with Crippen molar-refractivity contribution in [3.8, 4) is 28.3 Å². The number of furan rings is 1. The van der Waals surface area contributed by atoms with E-state index in [-0.39, 0.29) is 0 Å². The monoisotopic (exact) mass is 637 g/mol. The molecule has 0 saturated carbocycles. The number of hydrogen-bond donors (Lipinski definition) is 0. The van der Waals surface area contributed by atoms with Crippen molar-refractivity contribution in [3.05, 3.63) is 164 Å². The Morgan fingerprint density at radius 1 is 0.420 bits per heavy atom. The standard InChI is InChI=1S/C46H27N3O/c1-2-13-29(14-3-1)45-34-18-8-10-20-38(34)47-46(48-45)49-39-24-23-30(26-37(39)43-31-15-5-4-12-28(31)22-25-40(43)49)36-27-42-44(33-17-7-6-16-32(33)36)35-19-9-11-21-41(35)50-42/h1-27H. The Balaban J connectivity index is 1.24. The molecule has 50 heavy (non-hydrogen) atoms. The molecule has 11 aromatic rings. The summed E-state index contributed by atoms with van der Waals surface area (Å²) in [4.78, 5) is 10.5. The van der Waals surface area contributed by atoms with Crippen molar-refractivity contribution in [3.63, 3.8) is 0 Å². The van der Waals surface area contributed by atoms with E-state index in [0.717, 1.165) is 71.6 Å². The van der Waals surface area contributed by atoms with E-state index in [1.807, 2.05) is 24.3 Å². The van der Waals surface area contributed by atoms with Crippen molar-refractivity contribution in [1.82, 2.24) is 14.5 Å². The largest absolute Gasteiger partial charge is 0.456 e. The van der Waals surface area contributed by atoms with Crippen LogP contribution in [0.1, 0.15) is 0 Å². The van der Waals surface area contributed by atoms with E-state index in [1.165, 1.54) is 26.9 Å². The predicted octanol–water partition coefficient (Wildman–Crippen LogP) is 12.3. The van der Waals surface area contributed by atoms with Crippen LogP contribution in [-0.4, -0.2) is 14.5 Å². The maximum absolute atomic E-state index is 6.46. The van der Waals surface area contributed by atoms with Crippen molar-refractivity contribution in [1.29, 1.82) is 0 Å². The third-order valence-electron chi connectivity index (χ3n) is 10.2.